The quantitative estimate of drug-likeness (QED) is 0.527. The van der Waals surface area contributed by atoms with Crippen LogP contribution in [0.4, 0.5) is 0 Å². The first-order chi connectivity index (χ1) is 8.34. The molecule has 3 heteroatoms. The molecule has 0 N–H and O–H groups in total. The number of hydrogen-bond donors (Lipinski definition) is 0. The van der Waals surface area contributed by atoms with E-state index in [4.69, 9.17) is 0 Å². The molecular weight excluding hydrogens is 244 g/mol. The van der Waals surface area contributed by atoms with Crippen LogP contribution in [0.25, 0.3) is 5.70 Å². The Labute approximate surface area is 118 Å². The van der Waals surface area contributed by atoms with Gasteiger partial charge in [-0.2, -0.15) is 0 Å². The summed E-state index contributed by atoms with van der Waals surface area (Å²) < 4.78 is 2.02. The highest BCUT2D eigenvalue weighted by atomic mass is 35.5. The average Bonchev–Trinajstić information content (AvgIpc) is 2.86. The lowest BCUT2D eigenvalue weighted by Crippen LogP contribution is -1.92. The van der Waals surface area contributed by atoms with Gasteiger partial charge in [0, 0.05) is 18.1 Å². The number of rotatable bonds is 10. The maximum Gasteiger partial charge on any atom is 0.0988 e. The van der Waals surface area contributed by atoms with Crippen LogP contribution in [0.2, 0.25) is 0 Å². The van der Waals surface area contributed by atoms with Crippen molar-refractivity contribution < 1.29 is 0 Å². The van der Waals surface area contributed by atoms with Crippen LogP contribution in [0.5, 0.6) is 0 Å². The molecule has 1 heterocycles. The molecule has 2 nitrogen and oxygen atoms in total. The van der Waals surface area contributed by atoms with E-state index in [1.807, 2.05) is 17.1 Å². The van der Waals surface area contributed by atoms with Gasteiger partial charge in [-0.05, 0) is 12.8 Å². The fourth-order valence-corrected chi connectivity index (χ4v) is 2.04. The molecule has 0 aliphatic rings. The van der Waals surface area contributed by atoms with Crippen LogP contribution in [0.3, 0.4) is 0 Å². The minimum absolute atomic E-state index is 0. The normalized spacial score (nSPS) is 10.1. The first kappa shape index (κ1) is 17.2. The van der Waals surface area contributed by atoms with Gasteiger partial charge in [0.15, 0.2) is 0 Å². The second-order valence-electron chi connectivity index (χ2n) is 4.76. The molecule has 1 aromatic rings. The molecule has 0 unspecified atom stereocenters. The van der Waals surface area contributed by atoms with E-state index in [1.165, 1.54) is 51.4 Å². The van der Waals surface area contributed by atoms with E-state index in [0.29, 0.717) is 0 Å². The molecule has 0 atom stereocenters. The van der Waals surface area contributed by atoms with Gasteiger partial charge in [0.1, 0.15) is 0 Å². The monoisotopic (exact) mass is 270 g/mol. The summed E-state index contributed by atoms with van der Waals surface area (Å²) in [6.45, 7) is 6.34. The van der Waals surface area contributed by atoms with E-state index < -0.39 is 0 Å². The lowest BCUT2D eigenvalue weighted by Gasteiger charge is -2.06. The Morgan fingerprint density at radius 3 is 2.22 bits per heavy atom. The Balaban J connectivity index is 0.00000289. The highest BCUT2D eigenvalue weighted by molar-refractivity contribution is 5.85. The van der Waals surface area contributed by atoms with Crippen molar-refractivity contribution in [3.63, 3.8) is 0 Å². The smallest absolute Gasteiger partial charge is 0.0988 e. The highest BCUT2D eigenvalue weighted by Gasteiger charge is 1.97. The summed E-state index contributed by atoms with van der Waals surface area (Å²) in [6, 6.07) is 0. The molecule has 0 aliphatic carbocycles. The average molecular weight is 271 g/mol. The SMILES string of the molecule is C=C(CCCCCCCCCC)n1ccnc1.Cl. The van der Waals surface area contributed by atoms with Crippen molar-refractivity contribution in [3.05, 3.63) is 25.3 Å². The summed E-state index contributed by atoms with van der Waals surface area (Å²) in [5, 5.41) is 0. The zero-order valence-corrected chi connectivity index (χ0v) is 12.4. The van der Waals surface area contributed by atoms with E-state index >= 15 is 0 Å². The number of nitrogens with zero attached hydrogens (tertiary/aromatic N) is 2. The van der Waals surface area contributed by atoms with Crippen LogP contribution in [-0.4, -0.2) is 9.55 Å². The zero-order valence-electron chi connectivity index (χ0n) is 11.6. The van der Waals surface area contributed by atoms with Gasteiger partial charge < -0.3 is 4.57 Å². The highest BCUT2D eigenvalue weighted by Crippen LogP contribution is 2.14. The molecule has 0 aliphatic heterocycles. The van der Waals surface area contributed by atoms with E-state index in [1.54, 1.807) is 6.20 Å². The van der Waals surface area contributed by atoms with Gasteiger partial charge in [0.05, 0.1) is 6.33 Å². The third-order valence-corrected chi connectivity index (χ3v) is 3.19. The summed E-state index contributed by atoms with van der Waals surface area (Å²) in [5.41, 5.74) is 1.16. The number of aromatic nitrogens is 2. The summed E-state index contributed by atoms with van der Waals surface area (Å²) >= 11 is 0. The Bertz CT molecular complexity index is 293. The number of hydrogen-bond acceptors (Lipinski definition) is 1. The first-order valence-electron chi connectivity index (χ1n) is 7.00. The molecule has 104 valence electrons. The van der Waals surface area contributed by atoms with Crippen molar-refractivity contribution in [2.24, 2.45) is 0 Å². The summed E-state index contributed by atoms with van der Waals surface area (Å²) in [6.07, 6.45) is 17.6. The lowest BCUT2D eigenvalue weighted by molar-refractivity contribution is 0.577. The van der Waals surface area contributed by atoms with E-state index in [0.717, 1.165) is 12.1 Å². The van der Waals surface area contributed by atoms with Gasteiger partial charge in [-0.25, -0.2) is 4.98 Å². The van der Waals surface area contributed by atoms with Crippen molar-refractivity contribution in [1.29, 1.82) is 0 Å². The second kappa shape index (κ2) is 11.3. The first-order valence-corrected chi connectivity index (χ1v) is 7.00. The lowest BCUT2D eigenvalue weighted by atomic mass is 10.1. The van der Waals surface area contributed by atoms with Gasteiger partial charge >= 0.3 is 0 Å². The van der Waals surface area contributed by atoms with Crippen molar-refractivity contribution in [2.75, 3.05) is 0 Å². The summed E-state index contributed by atoms with van der Waals surface area (Å²) in [4.78, 5) is 4.03. The Kier molecular flexibility index (Phi) is 10.9. The molecule has 0 saturated carbocycles. The summed E-state index contributed by atoms with van der Waals surface area (Å²) in [5.74, 6) is 0. The fourth-order valence-electron chi connectivity index (χ4n) is 2.04. The van der Waals surface area contributed by atoms with Gasteiger partial charge in [-0.3, -0.25) is 0 Å². The van der Waals surface area contributed by atoms with Crippen LogP contribution >= 0.6 is 12.4 Å². The third-order valence-electron chi connectivity index (χ3n) is 3.19. The zero-order chi connectivity index (χ0) is 12.3. The topological polar surface area (TPSA) is 17.8 Å². The Hall–Kier alpha value is -0.760. The molecule has 1 aromatic heterocycles. The van der Waals surface area contributed by atoms with Gasteiger partial charge in [0.2, 0.25) is 0 Å². The van der Waals surface area contributed by atoms with Gasteiger partial charge in [-0.15, -0.1) is 12.4 Å². The Morgan fingerprint density at radius 2 is 1.67 bits per heavy atom. The standard InChI is InChI=1S/C15H26N2.ClH/c1-3-4-5-6-7-8-9-10-11-15(2)17-13-12-16-14-17;/h12-14H,2-11H2,1H3;1H. The summed E-state index contributed by atoms with van der Waals surface area (Å²) in [7, 11) is 0. The number of unbranched alkanes of at least 4 members (excludes halogenated alkanes) is 7. The molecule has 0 saturated heterocycles. The molecule has 0 spiro atoms. The molecule has 1 rings (SSSR count). The van der Waals surface area contributed by atoms with Crippen LogP contribution in [0, 0.1) is 0 Å². The Morgan fingerprint density at radius 1 is 1.06 bits per heavy atom. The minimum Gasteiger partial charge on any atom is -0.311 e. The van der Waals surface area contributed by atoms with Crippen molar-refractivity contribution in [3.8, 4) is 0 Å². The van der Waals surface area contributed by atoms with Crippen molar-refractivity contribution in [1.82, 2.24) is 9.55 Å². The van der Waals surface area contributed by atoms with Crippen molar-refractivity contribution >= 4 is 18.1 Å². The predicted octanol–water partition coefficient (Wildman–Crippen LogP) is 5.31. The fraction of sp³-hybridized carbons (Fsp3) is 0.667. The van der Waals surface area contributed by atoms with Crippen LogP contribution < -0.4 is 0 Å². The maximum absolute atomic E-state index is 4.08. The molecule has 18 heavy (non-hydrogen) atoms. The molecule has 0 aromatic carbocycles. The van der Waals surface area contributed by atoms with Crippen LogP contribution in [-0.2, 0) is 0 Å². The van der Waals surface area contributed by atoms with E-state index in [-0.39, 0.29) is 12.4 Å². The minimum atomic E-state index is 0. The number of imidazole rings is 1. The predicted molar refractivity (Wildman–Crippen MR) is 82.0 cm³/mol. The molecule has 0 amide bonds. The van der Waals surface area contributed by atoms with Crippen molar-refractivity contribution in [2.45, 2.75) is 64.7 Å². The molecular formula is C15H27ClN2. The molecule has 0 fully saturated rings. The third kappa shape index (κ3) is 7.54. The van der Waals surface area contributed by atoms with Crippen LogP contribution in [0.15, 0.2) is 25.3 Å². The van der Waals surface area contributed by atoms with E-state index in [9.17, 15) is 0 Å². The molecule has 0 radical (unpaired) electrons. The molecule has 0 bridgehead atoms. The largest absolute Gasteiger partial charge is 0.311 e. The maximum atomic E-state index is 4.08. The number of allylic oxidation sites excluding steroid dienone is 1. The van der Waals surface area contributed by atoms with Gasteiger partial charge in [0.25, 0.3) is 0 Å². The van der Waals surface area contributed by atoms with Gasteiger partial charge in [-0.1, -0.05) is 58.4 Å². The van der Waals surface area contributed by atoms with E-state index in [2.05, 4.69) is 18.5 Å². The van der Waals surface area contributed by atoms with Crippen LogP contribution in [0.1, 0.15) is 64.7 Å². The second-order valence-corrected chi connectivity index (χ2v) is 4.76. The number of halogens is 1.